The number of nitrogens with zero attached hydrogens (tertiary/aromatic N) is 3. The van der Waals surface area contributed by atoms with Gasteiger partial charge >= 0.3 is 0 Å². The van der Waals surface area contributed by atoms with Crippen molar-refractivity contribution >= 4 is 11.9 Å². The molecule has 104 valence electrons. The highest BCUT2D eigenvalue weighted by molar-refractivity contribution is 5.80. The Bertz CT molecular complexity index is 472. The third-order valence-electron chi connectivity index (χ3n) is 3.25. The SMILES string of the molecule is Cc1cc(C)nc(N[C@H]2CC(=O)N(C(C)(C)C)C2)n1. The fourth-order valence-corrected chi connectivity index (χ4v) is 2.43. The van der Waals surface area contributed by atoms with Gasteiger partial charge < -0.3 is 10.2 Å². The topological polar surface area (TPSA) is 58.1 Å². The largest absolute Gasteiger partial charge is 0.349 e. The van der Waals surface area contributed by atoms with Gasteiger partial charge in [-0.3, -0.25) is 4.79 Å². The van der Waals surface area contributed by atoms with E-state index in [9.17, 15) is 4.79 Å². The monoisotopic (exact) mass is 262 g/mol. The van der Waals surface area contributed by atoms with Gasteiger partial charge in [-0.25, -0.2) is 9.97 Å². The Hall–Kier alpha value is -1.65. The van der Waals surface area contributed by atoms with E-state index in [1.54, 1.807) is 0 Å². The number of aryl methyl sites for hydroxylation is 2. The Kier molecular flexibility index (Phi) is 3.47. The average Bonchev–Trinajstić information content (AvgIpc) is 2.57. The molecule has 0 bridgehead atoms. The summed E-state index contributed by atoms with van der Waals surface area (Å²) in [5, 5.41) is 3.27. The molecule has 1 atom stereocenters. The Labute approximate surface area is 114 Å². The van der Waals surface area contributed by atoms with E-state index >= 15 is 0 Å². The lowest BCUT2D eigenvalue weighted by Gasteiger charge is -2.32. The molecule has 0 spiro atoms. The average molecular weight is 262 g/mol. The molecule has 0 saturated carbocycles. The first kappa shape index (κ1) is 13.8. The number of anilines is 1. The van der Waals surface area contributed by atoms with Crippen LogP contribution in [0.5, 0.6) is 0 Å². The third-order valence-corrected chi connectivity index (χ3v) is 3.25. The Morgan fingerprint density at radius 3 is 2.32 bits per heavy atom. The molecular formula is C14H22N4O. The van der Waals surface area contributed by atoms with Gasteiger partial charge in [0, 0.05) is 29.9 Å². The number of carbonyl (C=O) groups is 1. The number of amides is 1. The van der Waals surface area contributed by atoms with E-state index in [1.807, 2.05) is 24.8 Å². The zero-order chi connectivity index (χ0) is 14.2. The third kappa shape index (κ3) is 3.22. The van der Waals surface area contributed by atoms with Gasteiger partial charge in [0.05, 0.1) is 6.04 Å². The molecule has 0 aromatic carbocycles. The molecule has 1 amide bonds. The molecule has 2 rings (SSSR count). The number of hydrogen-bond acceptors (Lipinski definition) is 4. The minimum atomic E-state index is -0.128. The van der Waals surface area contributed by atoms with Crippen molar-refractivity contribution < 1.29 is 4.79 Å². The number of carbonyl (C=O) groups excluding carboxylic acids is 1. The molecule has 0 unspecified atom stereocenters. The molecule has 1 aliphatic heterocycles. The summed E-state index contributed by atoms with van der Waals surface area (Å²) in [7, 11) is 0. The lowest BCUT2D eigenvalue weighted by molar-refractivity contribution is -0.131. The number of hydrogen-bond donors (Lipinski definition) is 1. The number of rotatable bonds is 2. The quantitative estimate of drug-likeness (QED) is 0.884. The second-order valence-electron chi connectivity index (χ2n) is 6.19. The van der Waals surface area contributed by atoms with Crippen LogP contribution in [0.15, 0.2) is 6.07 Å². The summed E-state index contributed by atoms with van der Waals surface area (Å²) in [6.45, 7) is 10.8. The van der Waals surface area contributed by atoms with Crippen molar-refractivity contribution in [1.82, 2.24) is 14.9 Å². The van der Waals surface area contributed by atoms with Crippen LogP contribution < -0.4 is 5.32 Å². The van der Waals surface area contributed by atoms with Crippen LogP contribution in [-0.2, 0) is 4.79 Å². The van der Waals surface area contributed by atoms with Gasteiger partial charge in [-0.1, -0.05) is 0 Å². The highest BCUT2D eigenvalue weighted by Gasteiger charge is 2.36. The van der Waals surface area contributed by atoms with Crippen LogP contribution in [0.4, 0.5) is 5.95 Å². The number of likely N-dealkylation sites (tertiary alicyclic amines) is 1. The van der Waals surface area contributed by atoms with Gasteiger partial charge in [0.25, 0.3) is 0 Å². The summed E-state index contributed by atoms with van der Waals surface area (Å²) in [6.07, 6.45) is 0.508. The highest BCUT2D eigenvalue weighted by Crippen LogP contribution is 2.23. The first-order chi connectivity index (χ1) is 8.75. The van der Waals surface area contributed by atoms with Crippen molar-refractivity contribution in [3.63, 3.8) is 0 Å². The highest BCUT2D eigenvalue weighted by atomic mass is 16.2. The van der Waals surface area contributed by atoms with Crippen molar-refractivity contribution in [2.24, 2.45) is 0 Å². The first-order valence-electron chi connectivity index (χ1n) is 6.65. The first-order valence-corrected chi connectivity index (χ1v) is 6.65. The molecule has 1 aliphatic rings. The van der Waals surface area contributed by atoms with E-state index in [0.29, 0.717) is 18.9 Å². The fraction of sp³-hybridized carbons (Fsp3) is 0.643. The van der Waals surface area contributed by atoms with Gasteiger partial charge in [0.15, 0.2) is 0 Å². The maximum absolute atomic E-state index is 12.0. The molecule has 1 N–H and O–H groups in total. The van der Waals surface area contributed by atoms with Crippen LogP contribution in [0, 0.1) is 13.8 Å². The normalized spacial score (nSPS) is 19.9. The Morgan fingerprint density at radius 2 is 1.84 bits per heavy atom. The molecule has 1 aromatic heterocycles. The lowest BCUT2D eigenvalue weighted by Crippen LogP contribution is -2.43. The number of aromatic nitrogens is 2. The molecular weight excluding hydrogens is 240 g/mol. The van der Waals surface area contributed by atoms with Crippen LogP contribution in [0.3, 0.4) is 0 Å². The summed E-state index contributed by atoms with van der Waals surface area (Å²) in [5.41, 5.74) is 1.75. The zero-order valence-electron chi connectivity index (χ0n) is 12.3. The minimum Gasteiger partial charge on any atom is -0.349 e. The Balaban J connectivity index is 2.07. The maximum atomic E-state index is 12.0. The van der Waals surface area contributed by atoms with Crippen molar-refractivity contribution in [2.45, 2.75) is 52.6 Å². The van der Waals surface area contributed by atoms with Crippen molar-refractivity contribution in [3.8, 4) is 0 Å². The second kappa shape index (κ2) is 4.79. The lowest BCUT2D eigenvalue weighted by atomic mass is 10.1. The van der Waals surface area contributed by atoms with Gasteiger partial charge in [0.2, 0.25) is 11.9 Å². The summed E-state index contributed by atoms with van der Waals surface area (Å²) in [4.78, 5) is 22.6. The van der Waals surface area contributed by atoms with Crippen LogP contribution in [0.1, 0.15) is 38.6 Å². The summed E-state index contributed by atoms with van der Waals surface area (Å²) < 4.78 is 0. The summed E-state index contributed by atoms with van der Waals surface area (Å²) >= 11 is 0. The molecule has 1 saturated heterocycles. The summed E-state index contributed by atoms with van der Waals surface area (Å²) in [6, 6.07) is 2.03. The van der Waals surface area contributed by atoms with Crippen LogP contribution in [0.25, 0.3) is 0 Å². The minimum absolute atomic E-state index is 0.0907. The maximum Gasteiger partial charge on any atom is 0.225 e. The number of nitrogens with one attached hydrogen (secondary N) is 1. The molecule has 2 heterocycles. The Morgan fingerprint density at radius 1 is 1.26 bits per heavy atom. The van der Waals surface area contributed by atoms with Gasteiger partial charge in [-0.05, 0) is 40.7 Å². The van der Waals surface area contributed by atoms with Crippen molar-refractivity contribution in [3.05, 3.63) is 17.5 Å². The van der Waals surface area contributed by atoms with E-state index in [2.05, 4.69) is 36.1 Å². The molecule has 19 heavy (non-hydrogen) atoms. The smallest absolute Gasteiger partial charge is 0.225 e. The molecule has 5 nitrogen and oxygen atoms in total. The van der Waals surface area contributed by atoms with E-state index in [0.717, 1.165) is 11.4 Å². The van der Waals surface area contributed by atoms with Gasteiger partial charge in [0.1, 0.15) is 0 Å². The van der Waals surface area contributed by atoms with Gasteiger partial charge in [-0.2, -0.15) is 0 Å². The standard InChI is InChI=1S/C14H22N4O/c1-9-6-10(2)16-13(15-9)17-11-7-12(19)18(8-11)14(3,4)5/h6,11H,7-8H2,1-5H3,(H,15,16,17)/t11-/m0/s1. The second-order valence-corrected chi connectivity index (χ2v) is 6.19. The van der Waals surface area contributed by atoms with Gasteiger partial charge in [-0.15, -0.1) is 0 Å². The van der Waals surface area contributed by atoms with E-state index in [-0.39, 0.29) is 17.5 Å². The fourth-order valence-electron chi connectivity index (χ4n) is 2.43. The predicted molar refractivity (Wildman–Crippen MR) is 75.0 cm³/mol. The molecule has 1 aromatic rings. The van der Waals surface area contributed by atoms with Crippen molar-refractivity contribution in [2.75, 3.05) is 11.9 Å². The molecule has 1 fully saturated rings. The molecule has 0 aliphatic carbocycles. The van der Waals surface area contributed by atoms with E-state index in [1.165, 1.54) is 0 Å². The zero-order valence-corrected chi connectivity index (χ0v) is 12.3. The summed E-state index contributed by atoms with van der Waals surface area (Å²) in [5.74, 6) is 0.806. The van der Waals surface area contributed by atoms with Crippen molar-refractivity contribution in [1.29, 1.82) is 0 Å². The molecule has 0 radical (unpaired) electrons. The van der Waals surface area contributed by atoms with Crippen LogP contribution >= 0.6 is 0 Å². The van der Waals surface area contributed by atoms with Crippen LogP contribution in [-0.4, -0.2) is 38.9 Å². The van der Waals surface area contributed by atoms with E-state index < -0.39 is 0 Å². The molecule has 5 heteroatoms. The predicted octanol–water partition coefficient (Wildman–Crippen LogP) is 1.90. The van der Waals surface area contributed by atoms with Crippen LogP contribution in [0.2, 0.25) is 0 Å². The van der Waals surface area contributed by atoms with E-state index in [4.69, 9.17) is 0 Å².